The lowest BCUT2D eigenvalue weighted by Crippen LogP contribution is -2.60. The molecule has 54 heavy (non-hydrogen) atoms. The highest BCUT2D eigenvalue weighted by atomic mass is 32.1. The summed E-state index contributed by atoms with van der Waals surface area (Å²) in [6.07, 6.45) is 15.2. The van der Waals surface area contributed by atoms with Crippen molar-refractivity contribution in [1.29, 1.82) is 0 Å². The number of aromatic nitrogens is 2. The molecule has 2 saturated carbocycles. The highest BCUT2D eigenvalue weighted by Gasteiger charge is 2.52. The number of fused-ring (bicyclic) bond motifs is 4. The van der Waals surface area contributed by atoms with Crippen LogP contribution in [0.3, 0.4) is 0 Å². The molecule has 0 saturated heterocycles. The summed E-state index contributed by atoms with van der Waals surface area (Å²) in [6.45, 7) is 0. The number of pyridine rings is 2. The molecule has 4 heterocycles. The van der Waals surface area contributed by atoms with Gasteiger partial charge in [0.25, 0.3) is 0 Å². The van der Waals surface area contributed by atoms with E-state index in [4.69, 9.17) is 33.9 Å². The van der Waals surface area contributed by atoms with Gasteiger partial charge in [-0.2, -0.15) is 0 Å². The van der Waals surface area contributed by atoms with Gasteiger partial charge in [-0.15, -0.1) is 0 Å². The maximum atomic E-state index is 6.85. The van der Waals surface area contributed by atoms with Crippen molar-refractivity contribution in [2.24, 2.45) is 0 Å². The zero-order valence-corrected chi connectivity index (χ0v) is 31.4. The number of para-hydroxylation sites is 2. The lowest BCUT2D eigenvalue weighted by atomic mass is 9.72. The summed E-state index contributed by atoms with van der Waals surface area (Å²) in [4.78, 5) is 8.77. The van der Waals surface area contributed by atoms with Crippen molar-refractivity contribution in [1.82, 2.24) is 20.0 Å². The van der Waals surface area contributed by atoms with Crippen LogP contribution in [-0.2, 0) is 0 Å². The van der Waals surface area contributed by atoms with E-state index in [-0.39, 0.29) is 23.3 Å². The van der Waals surface area contributed by atoms with Crippen molar-refractivity contribution in [2.45, 2.75) is 74.7 Å². The molecule has 270 valence electrons. The van der Waals surface area contributed by atoms with Crippen LogP contribution in [0.4, 0.5) is 11.4 Å². The van der Waals surface area contributed by atoms with E-state index in [1.807, 2.05) is 49.1 Å². The van der Waals surface area contributed by atoms with Crippen LogP contribution in [0.1, 0.15) is 74.6 Å². The first-order valence-corrected chi connectivity index (χ1v) is 19.7. The van der Waals surface area contributed by atoms with Crippen LogP contribution in [0.2, 0.25) is 0 Å². The normalized spacial score (nSPS) is 20.0. The number of hydrazine groups is 1. The first-order valence-electron chi connectivity index (χ1n) is 18.9. The molecule has 6 aromatic rings. The van der Waals surface area contributed by atoms with Crippen LogP contribution in [0.5, 0.6) is 11.5 Å². The standard InChI is InChI=1S/C44H40N6O2S2/c53-41(47-35-13-5-9-29-27-45-23-17-31(29)35)49(37-25-43(19-7-20-43)51-39-15-3-1-11-33(37)39)50(42(54)48-36-14-6-10-30-28-46-24-18-32(30)36)38-26-44(21-8-22-44)52-40-16-4-2-12-34(38)40/h1-6,9-18,23-24,27-28,37-38H,7-8,19-22,25-26H2,(H,47,53)(H,48,54). The minimum atomic E-state index is -0.274. The second-order valence-corrected chi connectivity index (χ2v) is 15.9. The zero-order valence-electron chi connectivity index (χ0n) is 29.8. The van der Waals surface area contributed by atoms with Crippen molar-refractivity contribution in [3.05, 3.63) is 133 Å². The maximum absolute atomic E-state index is 6.85. The van der Waals surface area contributed by atoms with Gasteiger partial charge in [-0.1, -0.05) is 60.7 Å². The minimum Gasteiger partial charge on any atom is -0.487 e. The Kier molecular flexibility index (Phi) is 8.14. The number of thiocarbonyl (C=S) groups is 2. The highest BCUT2D eigenvalue weighted by Crippen LogP contribution is 2.55. The Bertz CT molecular complexity index is 2250. The molecule has 2 fully saturated rings. The Hall–Kier alpha value is -5.32. The number of nitrogens with zero attached hydrogens (tertiary/aromatic N) is 4. The van der Waals surface area contributed by atoms with Gasteiger partial charge >= 0.3 is 0 Å². The monoisotopic (exact) mass is 748 g/mol. The summed E-state index contributed by atoms with van der Waals surface area (Å²) in [5.41, 5.74) is 3.44. The van der Waals surface area contributed by atoms with E-state index in [1.54, 1.807) is 0 Å². The predicted molar refractivity (Wildman–Crippen MR) is 222 cm³/mol. The molecule has 0 amide bonds. The lowest BCUT2D eigenvalue weighted by Gasteiger charge is -2.56. The van der Waals surface area contributed by atoms with Gasteiger partial charge in [0.15, 0.2) is 10.2 Å². The fourth-order valence-electron chi connectivity index (χ4n) is 8.95. The van der Waals surface area contributed by atoms with E-state index < -0.39 is 0 Å². The fourth-order valence-corrected chi connectivity index (χ4v) is 9.60. The third-order valence-electron chi connectivity index (χ3n) is 12.0. The maximum Gasteiger partial charge on any atom is 0.193 e. The molecule has 10 rings (SSSR count). The largest absolute Gasteiger partial charge is 0.487 e. The average Bonchev–Trinajstić information content (AvgIpc) is 3.18. The molecule has 2 aliphatic heterocycles. The number of rotatable bonds is 4. The summed E-state index contributed by atoms with van der Waals surface area (Å²) in [5.74, 6) is 1.81. The van der Waals surface area contributed by atoms with Gasteiger partial charge in [0.2, 0.25) is 0 Å². The number of nitrogens with one attached hydrogen (secondary N) is 2. The number of hydrogen-bond acceptors (Lipinski definition) is 6. The average molecular weight is 749 g/mol. The van der Waals surface area contributed by atoms with Gasteiger partial charge in [-0.25, -0.2) is 10.0 Å². The van der Waals surface area contributed by atoms with Gasteiger partial charge < -0.3 is 20.1 Å². The third-order valence-corrected chi connectivity index (χ3v) is 12.5. The number of hydrogen-bond donors (Lipinski definition) is 2. The van der Waals surface area contributed by atoms with Gasteiger partial charge in [0, 0.05) is 81.7 Å². The van der Waals surface area contributed by atoms with Crippen LogP contribution in [-0.4, -0.2) is 41.4 Å². The molecule has 10 heteroatoms. The number of ether oxygens (including phenoxy) is 2. The first-order chi connectivity index (χ1) is 26.5. The van der Waals surface area contributed by atoms with E-state index in [2.05, 4.69) is 103 Å². The second-order valence-electron chi connectivity index (χ2n) is 15.1. The summed E-state index contributed by atoms with van der Waals surface area (Å²) >= 11 is 13.3. The molecule has 2 N–H and O–H groups in total. The Labute approximate surface area is 325 Å². The van der Waals surface area contributed by atoms with Gasteiger partial charge in [-0.3, -0.25) is 9.97 Å². The predicted octanol–water partition coefficient (Wildman–Crippen LogP) is 10.3. The summed E-state index contributed by atoms with van der Waals surface area (Å²) in [5, 5.41) is 17.3. The second kappa shape index (κ2) is 13.2. The van der Waals surface area contributed by atoms with E-state index in [1.165, 1.54) is 0 Å². The summed E-state index contributed by atoms with van der Waals surface area (Å²) in [6, 6.07) is 33.0. The number of benzene rings is 4. The van der Waals surface area contributed by atoms with Crippen molar-refractivity contribution < 1.29 is 9.47 Å². The molecule has 4 aromatic carbocycles. The Morgan fingerprint density at radius 3 is 1.44 bits per heavy atom. The van der Waals surface area contributed by atoms with Crippen LogP contribution in [0.25, 0.3) is 21.5 Å². The molecule has 4 aliphatic rings. The van der Waals surface area contributed by atoms with E-state index in [9.17, 15) is 0 Å². The molecule has 2 spiro atoms. The Balaban J connectivity index is 1.17. The van der Waals surface area contributed by atoms with Crippen molar-refractivity contribution in [3.63, 3.8) is 0 Å². The molecule has 2 atom stereocenters. The smallest absolute Gasteiger partial charge is 0.193 e. The molecule has 2 aliphatic carbocycles. The number of anilines is 2. The van der Waals surface area contributed by atoms with Crippen LogP contribution in [0.15, 0.2) is 122 Å². The van der Waals surface area contributed by atoms with Gasteiger partial charge in [-0.05, 0) is 99.4 Å². The van der Waals surface area contributed by atoms with E-state index in [0.717, 1.165) is 107 Å². The molecule has 2 aromatic heterocycles. The zero-order chi connectivity index (χ0) is 36.3. The quantitative estimate of drug-likeness (QED) is 0.134. The third kappa shape index (κ3) is 5.70. The Morgan fingerprint density at radius 1 is 0.574 bits per heavy atom. The SMILES string of the molecule is S=C(Nc1cccc2cnccc12)N(C1CC2(CCC2)Oc2ccccc21)N(C(=S)Nc1cccc2cnccc12)C1CC2(CCC2)Oc2ccccc21. The molecule has 0 bridgehead atoms. The minimum absolute atomic E-state index is 0.185. The fraction of sp³-hybridized carbons (Fsp3) is 0.273. The van der Waals surface area contributed by atoms with Crippen molar-refractivity contribution >= 4 is 67.6 Å². The molecular weight excluding hydrogens is 709 g/mol. The van der Waals surface area contributed by atoms with E-state index >= 15 is 0 Å². The highest BCUT2D eigenvalue weighted by molar-refractivity contribution is 7.81. The van der Waals surface area contributed by atoms with Crippen molar-refractivity contribution in [3.8, 4) is 11.5 Å². The molecule has 0 radical (unpaired) electrons. The summed E-state index contributed by atoms with van der Waals surface area (Å²) < 4.78 is 13.7. The molecular formula is C44H40N6O2S2. The Morgan fingerprint density at radius 2 is 1.02 bits per heavy atom. The van der Waals surface area contributed by atoms with Crippen molar-refractivity contribution in [2.75, 3.05) is 10.6 Å². The molecule has 8 nitrogen and oxygen atoms in total. The van der Waals surface area contributed by atoms with Gasteiger partial charge in [0.1, 0.15) is 22.7 Å². The summed E-state index contributed by atoms with van der Waals surface area (Å²) in [7, 11) is 0. The van der Waals surface area contributed by atoms with Gasteiger partial charge in [0.05, 0.1) is 12.1 Å². The van der Waals surface area contributed by atoms with Crippen LogP contribution >= 0.6 is 24.4 Å². The van der Waals surface area contributed by atoms with Crippen LogP contribution < -0.4 is 20.1 Å². The topological polar surface area (TPSA) is 74.8 Å². The van der Waals surface area contributed by atoms with E-state index in [0.29, 0.717) is 10.2 Å². The first kappa shape index (κ1) is 33.3. The van der Waals surface area contributed by atoms with Crippen LogP contribution in [0, 0.1) is 0 Å². The lowest BCUT2D eigenvalue weighted by molar-refractivity contribution is -0.0950. The molecule has 2 unspecified atom stereocenters.